The van der Waals surface area contributed by atoms with Gasteiger partial charge in [0.1, 0.15) is 0 Å². The van der Waals surface area contributed by atoms with Crippen molar-refractivity contribution < 1.29 is 9.47 Å². The molecule has 2 unspecified atom stereocenters. The normalized spacial score (nSPS) is 24.1. The highest BCUT2D eigenvalue weighted by Crippen LogP contribution is 2.54. The predicted octanol–water partition coefficient (Wildman–Crippen LogP) is 6.07. The molecule has 0 aromatic heterocycles. The van der Waals surface area contributed by atoms with E-state index in [4.69, 9.17) is 9.47 Å². The maximum absolute atomic E-state index is 5.60. The second-order valence-electron chi connectivity index (χ2n) is 9.07. The molecule has 1 aliphatic carbocycles. The Hall–Kier alpha value is -2.78. The zero-order valence-corrected chi connectivity index (χ0v) is 17.6. The molecule has 0 radical (unpaired) electrons. The van der Waals surface area contributed by atoms with Crippen LogP contribution in [0.25, 0.3) is 11.1 Å². The fraction of sp³-hybridized carbons (Fsp3) is 0.333. The van der Waals surface area contributed by atoms with Crippen LogP contribution in [0.1, 0.15) is 47.6 Å². The van der Waals surface area contributed by atoms with E-state index in [1.165, 1.54) is 34.2 Å². The number of hydrogen-bond acceptors (Lipinski definition) is 3. The maximum atomic E-state index is 5.60. The van der Waals surface area contributed by atoms with E-state index in [9.17, 15) is 0 Å². The lowest BCUT2D eigenvalue weighted by Crippen LogP contribution is -2.36. The van der Waals surface area contributed by atoms with E-state index < -0.39 is 0 Å². The fourth-order valence-corrected chi connectivity index (χ4v) is 5.80. The summed E-state index contributed by atoms with van der Waals surface area (Å²) < 4.78 is 11.1. The van der Waals surface area contributed by atoms with Crippen LogP contribution in [0.2, 0.25) is 0 Å². The maximum Gasteiger partial charge on any atom is 0.231 e. The fourth-order valence-electron chi connectivity index (χ4n) is 5.80. The van der Waals surface area contributed by atoms with Crippen LogP contribution >= 0.6 is 0 Å². The quantitative estimate of drug-likeness (QED) is 0.535. The van der Waals surface area contributed by atoms with Crippen molar-refractivity contribution in [1.29, 1.82) is 0 Å². The van der Waals surface area contributed by atoms with Crippen molar-refractivity contribution in [2.24, 2.45) is 5.92 Å². The van der Waals surface area contributed by atoms with Gasteiger partial charge in [-0.2, -0.15) is 0 Å². The lowest BCUT2D eigenvalue weighted by atomic mass is 9.85. The molecule has 1 fully saturated rings. The van der Waals surface area contributed by atoms with Gasteiger partial charge in [-0.25, -0.2) is 0 Å². The molecule has 3 aromatic carbocycles. The van der Waals surface area contributed by atoms with Gasteiger partial charge < -0.3 is 9.47 Å². The van der Waals surface area contributed by atoms with Crippen molar-refractivity contribution in [1.82, 2.24) is 4.90 Å². The largest absolute Gasteiger partial charge is 0.454 e. The molecule has 3 aromatic rings. The number of benzene rings is 3. The summed E-state index contributed by atoms with van der Waals surface area (Å²) in [6.07, 6.45) is 1.24. The Morgan fingerprint density at radius 1 is 0.900 bits per heavy atom. The van der Waals surface area contributed by atoms with Crippen LogP contribution in [0.3, 0.4) is 0 Å². The van der Waals surface area contributed by atoms with E-state index >= 15 is 0 Å². The molecule has 1 saturated heterocycles. The van der Waals surface area contributed by atoms with Gasteiger partial charge in [0.2, 0.25) is 6.79 Å². The lowest BCUT2D eigenvalue weighted by molar-refractivity contribution is 0.0963. The second-order valence-corrected chi connectivity index (χ2v) is 9.07. The van der Waals surface area contributed by atoms with Crippen LogP contribution in [0, 0.1) is 12.8 Å². The van der Waals surface area contributed by atoms with Gasteiger partial charge in [0.25, 0.3) is 0 Å². The molecule has 2 heterocycles. The summed E-state index contributed by atoms with van der Waals surface area (Å²) in [5.74, 6) is 3.07. The van der Waals surface area contributed by atoms with Crippen LogP contribution in [-0.4, -0.2) is 18.2 Å². The summed E-state index contributed by atoms with van der Waals surface area (Å²) in [7, 11) is 0. The Balaban J connectivity index is 1.34. The molecule has 0 spiro atoms. The SMILES string of the molecule is Cc1cccc(-c2ccc3c(c2)C2[C@@H](C)C3CCN2Cc2ccc3c(c2)OCO3)c1. The number of nitrogens with zero attached hydrogens (tertiary/aromatic N) is 1. The van der Waals surface area contributed by atoms with Crippen molar-refractivity contribution in [3.8, 4) is 22.6 Å². The highest BCUT2D eigenvalue weighted by atomic mass is 16.7. The van der Waals surface area contributed by atoms with Gasteiger partial charge in [-0.1, -0.05) is 55.0 Å². The molecule has 6 rings (SSSR count). The summed E-state index contributed by atoms with van der Waals surface area (Å²) in [5, 5.41) is 0. The van der Waals surface area contributed by atoms with E-state index in [2.05, 4.69) is 73.3 Å². The van der Waals surface area contributed by atoms with Gasteiger partial charge in [-0.15, -0.1) is 0 Å². The van der Waals surface area contributed by atoms with Gasteiger partial charge in [-0.3, -0.25) is 4.90 Å². The molecule has 0 saturated carbocycles. The van der Waals surface area contributed by atoms with Gasteiger partial charge in [-0.05, 0) is 77.7 Å². The van der Waals surface area contributed by atoms with Crippen molar-refractivity contribution >= 4 is 0 Å². The topological polar surface area (TPSA) is 21.7 Å². The van der Waals surface area contributed by atoms with Crippen LogP contribution in [0.5, 0.6) is 11.5 Å². The molecule has 152 valence electrons. The molecule has 0 amide bonds. The Kier molecular flexibility index (Phi) is 4.14. The first-order valence-corrected chi connectivity index (χ1v) is 11.0. The number of aryl methyl sites for hydroxylation is 1. The van der Waals surface area contributed by atoms with Crippen molar-refractivity contribution in [3.63, 3.8) is 0 Å². The zero-order valence-electron chi connectivity index (χ0n) is 17.6. The first kappa shape index (κ1) is 18.0. The highest BCUT2D eigenvalue weighted by Gasteiger charge is 2.44. The lowest BCUT2D eigenvalue weighted by Gasteiger charge is -2.38. The Labute approximate surface area is 178 Å². The Bertz CT molecular complexity index is 1120. The Morgan fingerprint density at radius 3 is 2.67 bits per heavy atom. The first-order valence-electron chi connectivity index (χ1n) is 11.0. The number of ether oxygens (including phenoxy) is 2. The predicted molar refractivity (Wildman–Crippen MR) is 119 cm³/mol. The number of hydrogen-bond donors (Lipinski definition) is 0. The van der Waals surface area contributed by atoms with E-state index in [1.807, 2.05) is 6.07 Å². The number of likely N-dealkylation sites (tertiary alicyclic amines) is 1. The number of rotatable bonds is 3. The average molecular weight is 398 g/mol. The molecule has 3 nitrogen and oxygen atoms in total. The minimum Gasteiger partial charge on any atom is -0.454 e. The smallest absolute Gasteiger partial charge is 0.231 e. The third-order valence-corrected chi connectivity index (χ3v) is 7.23. The minimum absolute atomic E-state index is 0.332. The monoisotopic (exact) mass is 397 g/mol. The van der Waals surface area contributed by atoms with Crippen LogP contribution in [-0.2, 0) is 6.54 Å². The molecule has 3 aliphatic rings. The second kappa shape index (κ2) is 6.88. The minimum atomic E-state index is 0.332. The number of piperidine rings is 1. The van der Waals surface area contributed by atoms with E-state index in [1.54, 1.807) is 5.56 Å². The van der Waals surface area contributed by atoms with Crippen LogP contribution in [0.15, 0.2) is 60.7 Å². The molecule has 2 bridgehead atoms. The molecule has 3 heteroatoms. The third-order valence-electron chi connectivity index (χ3n) is 7.23. The third kappa shape index (κ3) is 2.84. The van der Waals surface area contributed by atoms with E-state index in [0.29, 0.717) is 24.7 Å². The molecule has 2 aliphatic heterocycles. The van der Waals surface area contributed by atoms with Gasteiger partial charge in [0.15, 0.2) is 11.5 Å². The molecular weight excluding hydrogens is 370 g/mol. The van der Waals surface area contributed by atoms with Crippen molar-refractivity contribution in [2.45, 2.75) is 38.8 Å². The van der Waals surface area contributed by atoms with Crippen molar-refractivity contribution in [3.05, 3.63) is 82.9 Å². The summed E-state index contributed by atoms with van der Waals surface area (Å²) in [4.78, 5) is 2.67. The van der Waals surface area contributed by atoms with E-state index in [-0.39, 0.29) is 0 Å². The zero-order chi connectivity index (χ0) is 20.2. The average Bonchev–Trinajstić information content (AvgIpc) is 3.27. The molecular formula is C27H27NO2. The van der Waals surface area contributed by atoms with Gasteiger partial charge in [0, 0.05) is 12.6 Å². The Morgan fingerprint density at radius 2 is 1.77 bits per heavy atom. The summed E-state index contributed by atoms with van der Waals surface area (Å²) >= 11 is 0. The summed E-state index contributed by atoms with van der Waals surface area (Å²) in [5.41, 5.74) is 8.36. The van der Waals surface area contributed by atoms with Crippen LogP contribution in [0.4, 0.5) is 0 Å². The van der Waals surface area contributed by atoms with Gasteiger partial charge >= 0.3 is 0 Å². The molecule has 30 heavy (non-hydrogen) atoms. The summed E-state index contributed by atoms with van der Waals surface area (Å²) in [6, 6.07) is 22.9. The van der Waals surface area contributed by atoms with Gasteiger partial charge in [0.05, 0.1) is 0 Å². The first-order chi connectivity index (χ1) is 14.7. The number of fused-ring (bicyclic) bond motifs is 6. The highest BCUT2D eigenvalue weighted by molar-refractivity contribution is 5.67. The molecule has 3 atom stereocenters. The van der Waals surface area contributed by atoms with Crippen molar-refractivity contribution in [2.75, 3.05) is 13.3 Å². The summed E-state index contributed by atoms with van der Waals surface area (Å²) in [6.45, 7) is 7.03. The van der Waals surface area contributed by atoms with E-state index in [0.717, 1.165) is 24.6 Å². The standard InChI is InChI=1S/C27H27NO2/c1-17-4-3-5-20(12-17)21-7-8-23-22-10-11-28(27(18(22)2)24(23)14-21)15-19-6-9-25-26(13-19)30-16-29-25/h3-9,12-14,18,22,27H,10-11,15-16H2,1-2H3/t18-,22?,27?/m0/s1. The van der Waals surface area contributed by atoms with Crippen LogP contribution < -0.4 is 9.47 Å². The molecule has 0 N–H and O–H groups in total.